The Kier molecular flexibility index (Phi) is 2.83. The van der Waals surface area contributed by atoms with E-state index in [2.05, 4.69) is 9.24 Å². The van der Waals surface area contributed by atoms with E-state index in [1.165, 1.54) is 38.3 Å². The summed E-state index contributed by atoms with van der Waals surface area (Å²) in [5.41, 5.74) is 0. The zero-order valence-corrected chi connectivity index (χ0v) is 6.32. The van der Waals surface area contributed by atoms with Gasteiger partial charge in [0.1, 0.15) is 0 Å². The summed E-state index contributed by atoms with van der Waals surface area (Å²) in [6, 6.07) is 0. The summed E-state index contributed by atoms with van der Waals surface area (Å²) < 4.78 is 0. The van der Waals surface area contributed by atoms with Crippen LogP contribution in [0.1, 0.15) is 32.1 Å². The quantitative estimate of drug-likeness (QED) is 0.477. The first-order valence-electron chi connectivity index (χ1n) is 3.58. The van der Waals surface area contributed by atoms with Crippen molar-refractivity contribution in [1.29, 1.82) is 0 Å². The van der Waals surface area contributed by atoms with Gasteiger partial charge in [-0.1, -0.05) is 41.3 Å². The van der Waals surface area contributed by atoms with Gasteiger partial charge in [-0.15, -0.1) is 0 Å². The molecule has 8 heavy (non-hydrogen) atoms. The van der Waals surface area contributed by atoms with Crippen LogP contribution in [-0.2, 0) is 0 Å². The van der Waals surface area contributed by atoms with Crippen LogP contribution >= 0.6 is 9.24 Å². The third-order valence-electron chi connectivity index (χ3n) is 2.01. The Balaban J connectivity index is 2.13. The third kappa shape index (κ3) is 1.74. The molecule has 0 nitrogen and oxygen atoms in total. The predicted octanol–water partition coefficient (Wildman–Crippen LogP) is 2.71. The third-order valence-corrected chi connectivity index (χ3v) is 2.59. The molecule has 0 bridgehead atoms. The van der Waals surface area contributed by atoms with Gasteiger partial charge < -0.3 is 0 Å². The van der Waals surface area contributed by atoms with Crippen molar-refractivity contribution < 1.29 is 0 Å². The number of hydrogen-bond donors (Lipinski definition) is 0. The molecule has 1 radical (unpaired) electrons. The highest BCUT2D eigenvalue weighted by Gasteiger charge is 2.09. The predicted molar refractivity (Wildman–Crippen MR) is 39.8 cm³/mol. The molecule has 0 atom stereocenters. The van der Waals surface area contributed by atoms with Crippen molar-refractivity contribution in [2.45, 2.75) is 32.1 Å². The SMILES string of the molecule is [PH]CC1CCCCC1. The van der Waals surface area contributed by atoms with Crippen molar-refractivity contribution in [2.75, 3.05) is 6.16 Å². The molecular formula is C7H14P. The minimum Gasteiger partial charge on any atom is -0.0990 e. The molecule has 47 valence electrons. The highest BCUT2D eigenvalue weighted by molar-refractivity contribution is 7.16. The molecule has 0 N–H and O–H groups in total. The first-order chi connectivity index (χ1) is 3.93. The summed E-state index contributed by atoms with van der Waals surface area (Å²) in [4.78, 5) is 0. The Morgan fingerprint density at radius 1 is 1.12 bits per heavy atom. The van der Waals surface area contributed by atoms with Crippen LogP contribution in [0.3, 0.4) is 0 Å². The fourth-order valence-corrected chi connectivity index (χ4v) is 1.80. The van der Waals surface area contributed by atoms with Crippen molar-refractivity contribution in [3.63, 3.8) is 0 Å². The molecule has 0 aliphatic heterocycles. The van der Waals surface area contributed by atoms with Gasteiger partial charge in [-0.3, -0.25) is 0 Å². The lowest BCUT2D eigenvalue weighted by molar-refractivity contribution is 0.391. The van der Waals surface area contributed by atoms with Gasteiger partial charge in [-0.05, 0) is 12.1 Å². The lowest BCUT2D eigenvalue weighted by Crippen LogP contribution is -2.06. The Hall–Kier alpha value is 0.430. The van der Waals surface area contributed by atoms with Crippen molar-refractivity contribution >= 4 is 9.24 Å². The molecule has 0 spiro atoms. The van der Waals surface area contributed by atoms with Crippen molar-refractivity contribution in [3.8, 4) is 0 Å². The summed E-state index contributed by atoms with van der Waals surface area (Å²) >= 11 is 0. The maximum atomic E-state index is 3.56. The molecule has 1 rings (SSSR count). The molecule has 0 amide bonds. The molecule has 1 aliphatic rings. The molecule has 0 aromatic heterocycles. The molecular weight excluding hydrogens is 115 g/mol. The first-order valence-corrected chi connectivity index (χ1v) is 4.29. The van der Waals surface area contributed by atoms with Gasteiger partial charge in [-0.25, -0.2) is 0 Å². The van der Waals surface area contributed by atoms with E-state index in [-0.39, 0.29) is 0 Å². The van der Waals surface area contributed by atoms with Gasteiger partial charge in [0.05, 0.1) is 0 Å². The summed E-state index contributed by atoms with van der Waals surface area (Å²) in [5.74, 6) is 1.00. The standard InChI is InChI=1S/C7H14P/c8-6-7-4-2-1-3-5-7/h7-8H,1-6H2. The van der Waals surface area contributed by atoms with Gasteiger partial charge in [-0.2, -0.15) is 0 Å². The lowest BCUT2D eigenvalue weighted by atomic mass is 9.91. The summed E-state index contributed by atoms with van der Waals surface area (Å²) in [7, 11) is 3.56. The zero-order chi connectivity index (χ0) is 5.82. The maximum Gasteiger partial charge on any atom is -0.0288 e. The Labute approximate surface area is 54.3 Å². The van der Waals surface area contributed by atoms with E-state index in [9.17, 15) is 0 Å². The highest BCUT2D eigenvalue weighted by atomic mass is 31.0. The minimum absolute atomic E-state index is 1.00. The molecule has 0 aromatic rings. The van der Waals surface area contributed by atoms with Crippen LogP contribution in [0, 0.1) is 5.92 Å². The summed E-state index contributed by atoms with van der Waals surface area (Å²) in [6.07, 6.45) is 8.56. The van der Waals surface area contributed by atoms with Crippen LogP contribution in [0.2, 0.25) is 0 Å². The van der Waals surface area contributed by atoms with E-state index in [1.54, 1.807) is 0 Å². The molecule has 0 heterocycles. The number of hydrogen-bond acceptors (Lipinski definition) is 0. The van der Waals surface area contributed by atoms with Crippen LogP contribution in [0.25, 0.3) is 0 Å². The molecule has 1 saturated carbocycles. The first kappa shape index (κ1) is 6.55. The van der Waals surface area contributed by atoms with E-state index in [4.69, 9.17) is 0 Å². The van der Waals surface area contributed by atoms with Crippen molar-refractivity contribution in [1.82, 2.24) is 0 Å². The van der Waals surface area contributed by atoms with Gasteiger partial charge in [0.2, 0.25) is 0 Å². The van der Waals surface area contributed by atoms with E-state index in [0.717, 1.165) is 5.92 Å². The monoisotopic (exact) mass is 129 g/mol. The smallest absolute Gasteiger partial charge is 0.0288 e. The Morgan fingerprint density at radius 3 is 2.12 bits per heavy atom. The average Bonchev–Trinajstić information content (AvgIpc) is 1.90. The molecule has 0 saturated heterocycles. The van der Waals surface area contributed by atoms with Crippen LogP contribution in [0.15, 0.2) is 0 Å². The Morgan fingerprint density at radius 2 is 1.75 bits per heavy atom. The van der Waals surface area contributed by atoms with Crippen LogP contribution in [0.5, 0.6) is 0 Å². The molecule has 0 aromatic carbocycles. The van der Waals surface area contributed by atoms with E-state index in [0.29, 0.717) is 0 Å². The van der Waals surface area contributed by atoms with Crippen LogP contribution in [0.4, 0.5) is 0 Å². The van der Waals surface area contributed by atoms with Crippen molar-refractivity contribution in [2.24, 2.45) is 5.92 Å². The highest BCUT2D eigenvalue weighted by Crippen LogP contribution is 2.24. The van der Waals surface area contributed by atoms with E-state index >= 15 is 0 Å². The second kappa shape index (κ2) is 3.45. The normalized spacial score (nSPS) is 23.6. The minimum atomic E-state index is 1.00. The fraction of sp³-hybridized carbons (Fsp3) is 1.00. The topological polar surface area (TPSA) is 0 Å². The zero-order valence-electron chi connectivity index (χ0n) is 5.32. The summed E-state index contributed by atoms with van der Waals surface area (Å²) in [5, 5.41) is 0. The van der Waals surface area contributed by atoms with Gasteiger partial charge in [0.25, 0.3) is 0 Å². The maximum absolute atomic E-state index is 3.56. The van der Waals surface area contributed by atoms with E-state index < -0.39 is 0 Å². The van der Waals surface area contributed by atoms with Crippen molar-refractivity contribution in [3.05, 3.63) is 0 Å². The molecule has 1 aliphatic carbocycles. The largest absolute Gasteiger partial charge is 0.0990 e. The average molecular weight is 129 g/mol. The Bertz CT molecular complexity index is 55.4. The second-order valence-corrected chi connectivity index (χ2v) is 3.12. The number of rotatable bonds is 1. The van der Waals surface area contributed by atoms with Gasteiger partial charge >= 0.3 is 0 Å². The van der Waals surface area contributed by atoms with E-state index in [1.807, 2.05) is 0 Å². The van der Waals surface area contributed by atoms with Crippen LogP contribution in [-0.4, -0.2) is 6.16 Å². The van der Waals surface area contributed by atoms with Gasteiger partial charge in [0, 0.05) is 0 Å². The lowest BCUT2D eigenvalue weighted by Gasteiger charge is -2.18. The molecule has 1 fully saturated rings. The van der Waals surface area contributed by atoms with Crippen LogP contribution < -0.4 is 0 Å². The molecule has 1 heteroatoms. The molecule has 0 unspecified atom stereocenters. The van der Waals surface area contributed by atoms with Gasteiger partial charge in [0.15, 0.2) is 0 Å². The second-order valence-electron chi connectivity index (χ2n) is 2.71. The fourth-order valence-electron chi connectivity index (χ4n) is 1.39. The summed E-state index contributed by atoms with van der Waals surface area (Å²) in [6.45, 7) is 0.